The molecule has 0 saturated heterocycles. The van der Waals surface area contributed by atoms with Crippen LogP contribution in [0.4, 0.5) is 10.5 Å². The lowest BCUT2D eigenvalue weighted by atomic mass is 9.93. The van der Waals surface area contributed by atoms with Crippen molar-refractivity contribution in [1.29, 1.82) is 0 Å². The number of sulfonamides is 1. The van der Waals surface area contributed by atoms with Crippen molar-refractivity contribution in [3.05, 3.63) is 41.3 Å². The van der Waals surface area contributed by atoms with E-state index in [2.05, 4.69) is 16.6 Å². The Kier molecular flexibility index (Phi) is 11.3. The molecule has 0 bridgehead atoms. The third-order valence-electron chi connectivity index (χ3n) is 4.89. The minimum atomic E-state index is -3.72. The van der Waals surface area contributed by atoms with Gasteiger partial charge in [-0.3, -0.25) is 10.3 Å². The summed E-state index contributed by atoms with van der Waals surface area (Å²) in [5.41, 5.74) is 6.99. The number of carbonyl (C=O) groups excluding carboxylic acids is 1. The molecule has 192 valence electrons. The lowest BCUT2D eigenvalue weighted by Gasteiger charge is -2.27. The molecule has 0 saturated carbocycles. The lowest BCUT2D eigenvalue weighted by molar-refractivity contribution is 0.130. The Labute approximate surface area is 209 Å². The molecule has 4 N–H and O–H groups in total. The van der Waals surface area contributed by atoms with E-state index < -0.39 is 21.7 Å². The predicted octanol–water partition coefficient (Wildman–Crippen LogP) is 4.73. The molecule has 0 spiro atoms. The third-order valence-corrected chi connectivity index (χ3v) is 7.43. The molecule has 3 atom stereocenters. The normalized spacial score (nSPS) is 15.5. The summed E-state index contributed by atoms with van der Waals surface area (Å²) in [6.45, 7) is 16.6. The van der Waals surface area contributed by atoms with E-state index in [0.29, 0.717) is 5.69 Å². The maximum atomic E-state index is 12.8. The van der Waals surface area contributed by atoms with Crippen LogP contribution in [0.25, 0.3) is 0 Å². The van der Waals surface area contributed by atoms with E-state index in [4.69, 9.17) is 15.5 Å². The Balaban J connectivity index is 3.18. The molecule has 10 heteroatoms. The standard InChI is InChI=1S/C24H40N4O4S2/c1-15(2)32-23(29)26-20-12-10-19(11-13-20)22(33-9)27-21(17(4)18(5)25)14-16(3)34(30,31)28-24(6,7)8/h10-13,15,17-18,21,28H,3,14,25H2,1-2,4-9H3,(H,26,29)/b27-22-/t17-,18?,21-/m1/s1. The number of hydrogen-bond donors (Lipinski definition) is 3. The van der Waals surface area contributed by atoms with E-state index in [-0.39, 0.29) is 35.4 Å². The second-order valence-corrected chi connectivity index (χ2v) is 12.3. The molecule has 0 aliphatic carbocycles. The zero-order valence-electron chi connectivity index (χ0n) is 21.5. The van der Waals surface area contributed by atoms with Gasteiger partial charge in [0.2, 0.25) is 10.0 Å². The van der Waals surface area contributed by atoms with Crippen LogP contribution in [-0.4, -0.2) is 49.5 Å². The second kappa shape index (κ2) is 12.7. The number of anilines is 1. The van der Waals surface area contributed by atoms with Gasteiger partial charge in [0.05, 0.1) is 22.1 Å². The number of rotatable bonds is 10. The molecule has 1 aromatic carbocycles. The number of nitrogens with zero attached hydrogens (tertiary/aromatic N) is 1. The van der Waals surface area contributed by atoms with E-state index >= 15 is 0 Å². The number of aliphatic imine (C=N–C) groups is 1. The average molecular weight is 513 g/mol. The van der Waals surface area contributed by atoms with Crippen molar-refractivity contribution in [1.82, 2.24) is 4.72 Å². The van der Waals surface area contributed by atoms with Crippen LogP contribution in [-0.2, 0) is 14.8 Å². The van der Waals surface area contributed by atoms with Gasteiger partial charge in [0.25, 0.3) is 0 Å². The fourth-order valence-electron chi connectivity index (χ4n) is 2.97. The molecule has 0 aliphatic heterocycles. The average Bonchev–Trinajstić information content (AvgIpc) is 2.68. The molecule has 0 heterocycles. The molecule has 0 aliphatic rings. The van der Waals surface area contributed by atoms with E-state index in [9.17, 15) is 13.2 Å². The van der Waals surface area contributed by atoms with E-state index in [1.807, 2.05) is 32.2 Å². The van der Waals surface area contributed by atoms with Gasteiger partial charge >= 0.3 is 6.09 Å². The molecule has 34 heavy (non-hydrogen) atoms. The first-order valence-corrected chi connectivity index (χ1v) is 13.9. The number of benzene rings is 1. The molecular weight excluding hydrogens is 472 g/mol. The van der Waals surface area contributed by atoms with Crippen LogP contribution >= 0.6 is 11.8 Å². The van der Waals surface area contributed by atoms with Crippen LogP contribution < -0.4 is 15.8 Å². The minimum absolute atomic E-state index is 0.0762. The summed E-state index contributed by atoms with van der Waals surface area (Å²) in [7, 11) is -3.72. The number of hydrogen-bond acceptors (Lipinski definition) is 7. The van der Waals surface area contributed by atoms with Crippen LogP contribution in [0.1, 0.15) is 60.5 Å². The summed E-state index contributed by atoms with van der Waals surface area (Å²) in [6, 6.07) is 6.65. The minimum Gasteiger partial charge on any atom is -0.447 e. The summed E-state index contributed by atoms with van der Waals surface area (Å²) in [4.78, 5) is 16.8. The molecule has 0 aromatic heterocycles. The topological polar surface area (TPSA) is 123 Å². The maximum absolute atomic E-state index is 12.8. The van der Waals surface area contributed by atoms with Crippen molar-refractivity contribution in [2.45, 2.75) is 78.6 Å². The molecule has 0 fully saturated rings. The summed E-state index contributed by atoms with van der Waals surface area (Å²) in [5.74, 6) is -0.0875. The molecule has 0 radical (unpaired) electrons. The summed E-state index contributed by atoms with van der Waals surface area (Å²) in [5, 5.41) is 3.42. The number of thioether (sulfide) groups is 1. The largest absolute Gasteiger partial charge is 0.447 e. The highest BCUT2D eigenvalue weighted by molar-refractivity contribution is 8.13. The van der Waals surface area contributed by atoms with Crippen molar-refractivity contribution in [3.8, 4) is 0 Å². The van der Waals surface area contributed by atoms with Crippen molar-refractivity contribution in [3.63, 3.8) is 0 Å². The molecule has 1 aromatic rings. The van der Waals surface area contributed by atoms with Crippen molar-refractivity contribution < 1.29 is 17.9 Å². The first-order chi connectivity index (χ1) is 15.6. The quantitative estimate of drug-likeness (QED) is 0.308. The van der Waals surface area contributed by atoms with Gasteiger partial charge in [0.1, 0.15) is 0 Å². The lowest BCUT2D eigenvalue weighted by Crippen LogP contribution is -2.42. The number of amides is 1. The Bertz CT molecular complexity index is 966. The van der Waals surface area contributed by atoms with Crippen molar-refractivity contribution in [2.24, 2.45) is 16.6 Å². The van der Waals surface area contributed by atoms with E-state index in [1.165, 1.54) is 11.8 Å². The molecular formula is C24H40N4O4S2. The highest BCUT2D eigenvalue weighted by Crippen LogP contribution is 2.25. The Morgan fingerprint density at radius 1 is 1.18 bits per heavy atom. The fraction of sp³-hybridized carbons (Fsp3) is 0.583. The number of ether oxygens (including phenoxy) is 1. The Hall–Kier alpha value is -1.88. The predicted molar refractivity (Wildman–Crippen MR) is 144 cm³/mol. The number of nitrogens with one attached hydrogen (secondary N) is 2. The monoisotopic (exact) mass is 512 g/mol. The Morgan fingerprint density at radius 2 is 1.74 bits per heavy atom. The number of carbonyl (C=O) groups is 1. The van der Waals surface area contributed by atoms with Crippen LogP contribution in [0.3, 0.4) is 0 Å². The SMILES string of the molecule is C=C(C[C@@H](/N=C(\SC)c1ccc(NC(=O)OC(C)C)cc1)[C@H](C)C(C)N)S(=O)(=O)NC(C)(C)C. The fourth-order valence-corrected chi connectivity index (χ4v) is 4.92. The van der Waals surface area contributed by atoms with Gasteiger partial charge in [-0.1, -0.05) is 25.6 Å². The van der Waals surface area contributed by atoms with Crippen LogP contribution in [0, 0.1) is 5.92 Å². The first kappa shape index (κ1) is 30.2. The van der Waals surface area contributed by atoms with Gasteiger partial charge in [-0.2, -0.15) is 0 Å². The van der Waals surface area contributed by atoms with E-state index in [0.717, 1.165) is 10.6 Å². The highest BCUT2D eigenvalue weighted by Gasteiger charge is 2.28. The molecule has 1 unspecified atom stereocenters. The molecule has 1 rings (SSSR count). The summed E-state index contributed by atoms with van der Waals surface area (Å²) in [6.07, 6.45) is 1.33. The smallest absolute Gasteiger partial charge is 0.411 e. The zero-order valence-corrected chi connectivity index (χ0v) is 23.1. The van der Waals surface area contributed by atoms with Gasteiger partial charge in [0, 0.05) is 29.3 Å². The van der Waals surface area contributed by atoms with Gasteiger partial charge in [-0.05, 0) is 65.8 Å². The van der Waals surface area contributed by atoms with Gasteiger partial charge in [-0.25, -0.2) is 17.9 Å². The number of nitrogens with two attached hydrogens (primary N) is 1. The Morgan fingerprint density at radius 3 is 2.18 bits per heavy atom. The second-order valence-electron chi connectivity index (χ2n) is 9.68. The van der Waals surface area contributed by atoms with Crippen molar-refractivity contribution >= 4 is 38.6 Å². The first-order valence-electron chi connectivity index (χ1n) is 11.2. The molecule has 8 nitrogen and oxygen atoms in total. The van der Waals surface area contributed by atoms with Crippen molar-refractivity contribution in [2.75, 3.05) is 11.6 Å². The van der Waals surface area contributed by atoms with Gasteiger partial charge in [-0.15, -0.1) is 11.8 Å². The van der Waals surface area contributed by atoms with Gasteiger partial charge < -0.3 is 10.5 Å². The zero-order chi connectivity index (χ0) is 26.3. The summed E-state index contributed by atoms with van der Waals surface area (Å²) >= 11 is 1.46. The van der Waals surface area contributed by atoms with E-state index in [1.54, 1.807) is 46.8 Å². The summed E-state index contributed by atoms with van der Waals surface area (Å²) < 4.78 is 33.2. The molecule has 1 amide bonds. The van der Waals surface area contributed by atoms with Gasteiger partial charge in [0.15, 0.2) is 0 Å². The highest BCUT2D eigenvalue weighted by atomic mass is 32.2. The van der Waals surface area contributed by atoms with Crippen LogP contribution in [0.15, 0.2) is 40.7 Å². The third kappa shape index (κ3) is 10.2. The van der Waals surface area contributed by atoms with Crippen LogP contribution in [0.2, 0.25) is 0 Å². The van der Waals surface area contributed by atoms with Crippen LogP contribution in [0.5, 0.6) is 0 Å². The maximum Gasteiger partial charge on any atom is 0.411 e.